The summed E-state index contributed by atoms with van der Waals surface area (Å²) in [5.74, 6) is 0.686. The molecule has 0 aliphatic carbocycles. The van der Waals surface area contributed by atoms with E-state index in [1.807, 2.05) is 11.3 Å². The van der Waals surface area contributed by atoms with E-state index in [-0.39, 0.29) is 0 Å². The lowest BCUT2D eigenvalue weighted by molar-refractivity contribution is 1.18. The van der Waals surface area contributed by atoms with E-state index in [1.165, 1.54) is 63.6 Å². The van der Waals surface area contributed by atoms with E-state index < -0.39 is 0 Å². The average Bonchev–Trinajstić information content (AvgIpc) is 3.73. The zero-order valence-electron chi connectivity index (χ0n) is 33.1. The topological polar surface area (TPSA) is 25.8 Å². The summed E-state index contributed by atoms with van der Waals surface area (Å²) in [7, 11) is 0. The van der Waals surface area contributed by atoms with E-state index in [4.69, 9.17) is 9.97 Å². The molecule has 12 rings (SSSR count). The Balaban J connectivity index is 1.05. The van der Waals surface area contributed by atoms with Crippen LogP contribution in [0.3, 0.4) is 0 Å². The number of benzene rings is 10. The summed E-state index contributed by atoms with van der Waals surface area (Å²) in [5.41, 5.74) is 11.9. The van der Waals surface area contributed by atoms with Crippen molar-refractivity contribution in [2.75, 3.05) is 0 Å². The van der Waals surface area contributed by atoms with Crippen molar-refractivity contribution in [3.8, 4) is 67.3 Å². The first-order valence-corrected chi connectivity index (χ1v) is 21.5. The highest BCUT2D eigenvalue weighted by molar-refractivity contribution is 7.26. The number of hydrogen-bond acceptors (Lipinski definition) is 3. The number of rotatable bonds is 6. The largest absolute Gasteiger partial charge is 0.228 e. The lowest BCUT2D eigenvalue weighted by Crippen LogP contribution is -1.98. The van der Waals surface area contributed by atoms with Gasteiger partial charge in [-0.2, -0.15) is 0 Å². The standard InChI is InChI=1S/C58H36N2S/c1-2-15-37(16-3-1)42-19-8-10-23-46(42)53-36-54(47-24-11-9-22-45(47)50-26-14-27-51-48-25-12-13-28-55(48)61-57(50)51)60-58(59-53)40-31-29-39(30-32-40)56-44-21-7-5-18-41(44)35-52-43-20-6-4-17-38(43)33-34-49(52)56/h1-36H. The zero-order valence-corrected chi connectivity index (χ0v) is 33.9. The second kappa shape index (κ2) is 14.5. The lowest BCUT2D eigenvalue weighted by atomic mass is 9.89. The molecule has 0 fully saturated rings. The molecule has 2 nitrogen and oxygen atoms in total. The van der Waals surface area contributed by atoms with Gasteiger partial charge in [-0.05, 0) is 78.3 Å². The molecule has 0 saturated heterocycles. The van der Waals surface area contributed by atoms with Gasteiger partial charge in [-0.3, -0.25) is 0 Å². The fraction of sp³-hybridized carbons (Fsp3) is 0. The molecule has 0 unspecified atom stereocenters. The molecule has 0 spiro atoms. The maximum atomic E-state index is 5.44. The van der Waals surface area contributed by atoms with Gasteiger partial charge in [-0.25, -0.2) is 9.97 Å². The minimum absolute atomic E-state index is 0.686. The van der Waals surface area contributed by atoms with Crippen LogP contribution in [0.2, 0.25) is 0 Å². The van der Waals surface area contributed by atoms with Crippen LogP contribution in [0.15, 0.2) is 218 Å². The van der Waals surface area contributed by atoms with Gasteiger partial charge in [0, 0.05) is 42.4 Å². The van der Waals surface area contributed by atoms with Gasteiger partial charge in [0.05, 0.1) is 11.4 Å². The van der Waals surface area contributed by atoms with E-state index in [1.54, 1.807) is 0 Å². The first-order chi connectivity index (χ1) is 30.2. The van der Waals surface area contributed by atoms with Gasteiger partial charge < -0.3 is 0 Å². The van der Waals surface area contributed by atoms with E-state index in [2.05, 4.69) is 218 Å². The molecule has 0 saturated carbocycles. The number of hydrogen-bond donors (Lipinski definition) is 0. The number of fused-ring (bicyclic) bond motifs is 7. The van der Waals surface area contributed by atoms with Crippen molar-refractivity contribution in [3.63, 3.8) is 0 Å². The normalized spacial score (nSPS) is 11.6. The van der Waals surface area contributed by atoms with Crippen LogP contribution in [-0.4, -0.2) is 9.97 Å². The summed E-state index contributed by atoms with van der Waals surface area (Å²) in [4.78, 5) is 10.8. The summed E-state index contributed by atoms with van der Waals surface area (Å²) < 4.78 is 2.57. The molecule has 0 radical (unpaired) electrons. The summed E-state index contributed by atoms with van der Waals surface area (Å²) in [6.07, 6.45) is 0. The number of aromatic nitrogens is 2. The molecule has 0 amide bonds. The highest BCUT2D eigenvalue weighted by Gasteiger charge is 2.19. The minimum Gasteiger partial charge on any atom is -0.228 e. The van der Waals surface area contributed by atoms with Crippen molar-refractivity contribution < 1.29 is 0 Å². The predicted octanol–water partition coefficient (Wildman–Crippen LogP) is 16.3. The lowest BCUT2D eigenvalue weighted by Gasteiger charge is -2.16. The molecule has 0 atom stereocenters. The number of thiophene rings is 1. The van der Waals surface area contributed by atoms with Crippen LogP contribution in [0.5, 0.6) is 0 Å². The molecule has 0 bridgehead atoms. The van der Waals surface area contributed by atoms with Gasteiger partial charge in [-0.15, -0.1) is 11.3 Å². The maximum absolute atomic E-state index is 5.44. The second-order valence-corrected chi connectivity index (χ2v) is 16.7. The van der Waals surface area contributed by atoms with Crippen molar-refractivity contribution in [2.24, 2.45) is 0 Å². The first-order valence-electron chi connectivity index (χ1n) is 20.7. The molecule has 12 aromatic rings. The molecule has 0 aliphatic rings. The molecule has 2 heterocycles. The van der Waals surface area contributed by atoms with Crippen molar-refractivity contribution in [1.29, 1.82) is 0 Å². The second-order valence-electron chi connectivity index (χ2n) is 15.6. The molecule has 0 N–H and O–H groups in total. The van der Waals surface area contributed by atoms with Crippen LogP contribution in [0.4, 0.5) is 0 Å². The Hall–Kier alpha value is -7.72. The third kappa shape index (κ3) is 6.01. The van der Waals surface area contributed by atoms with Crippen molar-refractivity contribution in [1.82, 2.24) is 9.97 Å². The van der Waals surface area contributed by atoms with Gasteiger partial charge >= 0.3 is 0 Å². The summed E-state index contributed by atoms with van der Waals surface area (Å²) >= 11 is 1.85. The van der Waals surface area contributed by atoms with Crippen molar-refractivity contribution in [2.45, 2.75) is 0 Å². The molecular weight excluding hydrogens is 757 g/mol. The van der Waals surface area contributed by atoms with Crippen LogP contribution < -0.4 is 0 Å². The quantitative estimate of drug-likeness (QED) is 0.124. The molecule has 10 aromatic carbocycles. The Morgan fingerprint density at radius 2 is 0.869 bits per heavy atom. The first kappa shape index (κ1) is 35.2. The van der Waals surface area contributed by atoms with Crippen LogP contribution in [0, 0.1) is 0 Å². The molecular formula is C58H36N2S. The molecule has 2 aromatic heterocycles. The summed E-state index contributed by atoms with van der Waals surface area (Å²) in [6, 6.07) is 78.6. The van der Waals surface area contributed by atoms with Gasteiger partial charge in [-0.1, -0.05) is 200 Å². The highest BCUT2D eigenvalue weighted by Crippen LogP contribution is 2.44. The fourth-order valence-electron chi connectivity index (χ4n) is 9.25. The van der Waals surface area contributed by atoms with Gasteiger partial charge in [0.2, 0.25) is 0 Å². The molecule has 284 valence electrons. The Morgan fingerprint density at radius 1 is 0.295 bits per heavy atom. The van der Waals surface area contributed by atoms with Gasteiger partial charge in [0.15, 0.2) is 5.82 Å². The minimum atomic E-state index is 0.686. The van der Waals surface area contributed by atoms with Crippen molar-refractivity contribution >= 4 is 63.8 Å². The van der Waals surface area contributed by atoms with E-state index in [9.17, 15) is 0 Å². The SMILES string of the molecule is c1ccc(-c2ccccc2-c2cc(-c3ccccc3-c3cccc4c3sc3ccccc34)nc(-c3ccc(-c4c5ccccc5cc5c4ccc4ccccc45)cc3)n2)cc1. The summed E-state index contributed by atoms with van der Waals surface area (Å²) in [6.45, 7) is 0. The predicted molar refractivity (Wildman–Crippen MR) is 260 cm³/mol. The zero-order chi connectivity index (χ0) is 40.3. The Kier molecular flexibility index (Phi) is 8.39. The third-order valence-corrected chi connectivity index (χ3v) is 13.3. The fourth-order valence-corrected chi connectivity index (χ4v) is 10.5. The summed E-state index contributed by atoms with van der Waals surface area (Å²) in [5, 5.41) is 10.1. The van der Waals surface area contributed by atoms with Crippen molar-refractivity contribution in [3.05, 3.63) is 218 Å². The van der Waals surface area contributed by atoms with Crippen LogP contribution in [0.1, 0.15) is 0 Å². The highest BCUT2D eigenvalue weighted by atomic mass is 32.1. The Morgan fingerprint density at radius 3 is 1.66 bits per heavy atom. The molecule has 3 heteroatoms. The monoisotopic (exact) mass is 792 g/mol. The van der Waals surface area contributed by atoms with Gasteiger partial charge in [0.1, 0.15) is 0 Å². The molecule has 61 heavy (non-hydrogen) atoms. The van der Waals surface area contributed by atoms with E-state index >= 15 is 0 Å². The van der Waals surface area contributed by atoms with E-state index in [0.29, 0.717) is 5.82 Å². The molecule has 0 aliphatic heterocycles. The van der Waals surface area contributed by atoms with Crippen LogP contribution in [-0.2, 0) is 0 Å². The Bertz CT molecular complexity index is 3640. The average molecular weight is 793 g/mol. The van der Waals surface area contributed by atoms with Crippen LogP contribution in [0.25, 0.3) is 120 Å². The van der Waals surface area contributed by atoms with Crippen LogP contribution >= 0.6 is 11.3 Å². The number of nitrogens with zero attached hydrogens (tertiary/aromatic N) is 2. The maximum Gasteiger partial charge on any atom is 0.160 e. The smallest absolute Gasteiger partial charge is 0.160 e. The van der Waals surface area contributed by atoms with E-state index in [0.717, 1.165) is 50.3 Å². The van der Waals surface area contributed by atoms with Gasteiger partial charge in [0.25, 0.3) is 0 Å². The Labute approximate surface area is 357 Å². The third-order valence-electron chi connectivity index (χ3n) is 12.1.